The van der Waals surface area contributed by atoms with Crippen molar-refractivity contribution >= 4 is 43.6 Å². The average Bonchev–Trinajstić information content (AvgIpc) is 3.94. The second-order valence-electron chi connectivity index (χ2n) is 16.7. The second-order valence-corrected chi connectivity index (χ2v) is 16.7. The summed E-state index contributed by atoms with van der Waals surface area (Å²) in [6, 6.07) is 79.3. The van der Waals surface area contributed by atoms with Crippen LogP contribution in [0.25, 0.3) is 123 Å². The summed E-state index contributed by atoms with van der Waals surface area (Å²) in [5.41, 5.74) is 11.3. The van der Waals surface area contributed by atoms with Crippen LogP contribution in [0.1, 0.15) is 0 Å². The minimum atomic E-state index is 0.517. The van der Waals surface area contributed by atoms with Crippen molar-refractivity contribution in [3.63, 3.8) is 0 Å². The molecule has 13 rings (SSSR count). The Morgan fingerprint density at radius 1 is 0.235 bits per heavy atom. The second kappa shape index (κ2) is 16.2. The van der Waals surface area contributed by atoms with Gasteiger partial charge in [-0.2, -0.15) is 0 Å². The van der Waals surface area contributed by atoms with Gasteiger partial charge in [0.2, 0.25) is 0 Å². The van der Waals surface area contributed by atoms with Crippen molar-refractivity contribution in [2.75, 3.05) is 0 Å². The first kappa shape index (κ1) is 39.0. The van der Waals surface area contributed by atoms with Gasteiger partial charge in [0.25, 0.3) is 0 Å². The van der Waals surface area contributed by atoms with E-state index >= 15 is 0 Å². The molecule has 0 unspecified atom stereocenters. The van der Waals surface area contributed by atoms with Crippen LogP contribution in [0.5, 0.6) is 0 Å². The van der Waals surface area contributed by atoms with E-state index in [1.54, 1.807) is 0 Å². The van der Waals surface area contributed by atoms with E-state index in [0.717, 1.165) is 77.6 Å². The van der Waals surface area contributed by atoms with Crippen LogP contribution in [0.15, 0.2) is 231 Å². The van der Waals surface area contributed by atoms with Gasteiger partial charge in [-0.25, -0.2) is 29.9 Å². The van der Waals surface area contributed by atoms with Crippen molar-refractivity contribution in [3.05, 3.63) is 231 Å². The first-order valence-electron chi connectivity index (χ1n) is 22.6. The molecule has 318 valence electrons. The Hall–Kier alpha value is -9.40. The first-order chi connectivity index (χ1) is 33.7. The smallest absolute Gasteiger partial charge is 0.166 e. The fourth-order valence-electron chi connectivity index (χ4n) is 9.54. The molecule has 0 atom stereocenters. The maximum atomic E-state index is 5.31. The minimum Gasteiger partial charge on any atom is -0.309 e. The van der Waals surface area contributed by atoms with Crippen LogP contribution >= 0.6 is 0 Å². The van der Waals surface area contributed by atoms with Crippen LogP contribution in [0.3, 0.4) is 0 Å². The highest BCUT2D eigenvalue weighted by Gasteiger charge is 2.25. The topological polar surface area (TPSA) is 87.2 Å². The van der Waals surface area contributed by atoms with Crippen LogP contribution in [-0.2, 0) is 0 Å². The van der Waals surface area contributed by atoms with E-state index in [1.807, 2.05) is 127 Å². The molecule has 0 fully saturated rings. The molecule has 0 aliphatic rings. The van der Waals surface area contributed by atoms with Gasteiger partial charge in [0.1, 0.15) is 0 Å². The summed E-state index contributed by atoms with van der Waals surface area (Å²) in [6.45, 7) is 0. The molecule has 4 heterocycles. The van der Waals surface area contributed by atoms with E-state index < -0.39 is 0 Å². The van der Waals surface area contributed by atoms with Gasteiger partial charge in [-0.1, -0.05) is 182 Å². The molecule has 0 radical (unpaired) electrons. The molecule has 0 aliphatic carbocycles. The Kier molecular flexibility index (Phi) is 9.31. The van der Waals surface area contributed by atoms with Crippen molar-refractivity contribution in [2.45, 2.75) is 0 Å². The summed E-state index contributed by atoms with van der Waals surface area (Å²) in [7, 11) is 0. The minimum absolute atomic E-state index is 0.517. The van der Waals surface area contributed by atoms with Crippen LogP contribution < -0.4 is 0 Å². The van der Waals surface area contributed by atoms with E-state index in [0.29, 0.717) is 34.9 Å². The monoisotopic (exact) mass is 870 g/mol. The number of aromatic nitrogens is 8. The molecule has 0 amide bonds. The number of rotatable bonds is 8. The summed E-state index contributed by atoms with van der Waals surface area (Å²) in [5, 5.41) is 4.63. The number of hydrogen-bond acceptors (Lipinski definition) is 6. The van der Waals surface area contributed by atoms with E-state index in [-0.39, 0.29) is 0 Å². The van der Waals surface area contributed by atoms with Crippen molar-refractivity contribution in [1.82, 2.24) is 39.0 Å². The highest BCUT2D eigenvalue weighted by atomic mass is 15.1. The zero-order chi connectivity index (χ0) is 45.0. The lowest BCUT2D eigenvalue weighted by atomic mass is 10.0. The van der Waals surface area contributed by atoms with Crippen molar-refractivity contribution in [3.8, 4) is 79.7 Å². The summed E-state index contributed by atoms with van der Waals surface area (Å²) in [6.07, 6.45) is 0. The molecule has 13 aromatic rings. The summed E-state index contributed by atoms with van der Waals surface area (Å²) in [5.74, 6) is 3.32. The largest absolute Gasteiger partial charge is 0.309 e. The lowest BCUT2D eigenvalue weighted by Crippen LogP contribution is -2.07. The molecule has 0 aliphatic heterocycles. The zero-order valence-corrected chi connectivity index (χ0v) is 36.5. The number of nitrogens with zero attached hydrogens (tertiary/aromatic N) is 8. The quantitative estimate of drug-likeness (QED) is 0.151. The van der Waals surface area contributed by atoms with Gasteiger partial charge in [0, 0.05) is 60.6 Å². The van der Waals surface area contributed by atoms with E-state index in [4.69, 9.17) is 29.9 Å². The number of hydrogen-bond donors (Lipinski definition) is 0. The third kappa shape index (κ3) is 6.62. The Balaban J connectivity index is 1.13. The lowest BCUT2D eigenvalue weighted by Gasteiger charge is -2.19. The van der Waals surface area contributed by atoms with Crippen LogP contribution in [0, 0.1) is 0 Å². The van der Waals surface area contributed by atoms with Gasteiger partial charge >= 0.3 is 0 Å². The Morgan fingerprint density at radius 3 is 0.971 bits per heavy atom. The Bertz CT molecular complexity index is 3700. The van der Waals surface area contributed by atoms with E-state index in [2.05, 4.69) is 112 Å². The first-order valence-corrected chi connectivity index (χ1v) is 22.6. The highest BCUT2D eigenvalue weighted by molar-refractivity contribution is 6.13. The maximum absolute atomic E-state index is 5.31. The van der Waals surface area contributed by atoms with Gasteiger partial charge in [-0.15, -0.1) is 0 Å². The number of para-hydroxylation sites is 4. The highest BCUT2D eigenvalue weighted by Crippen LogP contribution is 2.42. The summed E-state index contributed by atoms with van der Waals surface area (Å²) in [4.78, 5) is 31.4. The van der Waals surface area contributed by atoms with Gasteiger partial charge in [0.05, 0.1) is 27.8 Å². The normalized spacial score (nSPS) is 11.5. The van der Waals surface area contributed by atoms with Crippen LogP contribution in [0.4, 0.5) is 0 Å². The molecule has 0 saturated heterocycles. The molecule has 0 spiro atoms. The third-order valence-electron chi connectivity index (χ3n) is 12.6. The van der Waals surface area contributed by atoms with Gasteiger partial charge in [-0.05, 0) is 48.5 Å². The summed E-state index contributed by atoms with van der Waals surface area (Å²) < 4.78 is 4.71. The maximum Gasteiger partial charge on any atom is 0.166 e. The Labute approximate surface area is 391 Å². The van der Waals surface area contributed by atoms with E-state index in [1.165, 1.54) is 10.8 Å². The standard InChI is InChI=1S/C60H38N8/c1-5-20-39(21-6-1)55-61-56(40-22-7-2-8-23-40)64-59(63-55)47-31-19-32-48(60-65-57(41-24-9-3-10-25-41)62-58(66-60)42-26-11-4-12-27-42)54(47)68-52-35-18-15-30-46(52)49-38-43(36-37-53(49)68)67-50-33-16-13-28-44(50)45-29-14-17-34-51(45)67/h1-38H. The van der Waals surface area contributed by atoms with Crippen molar-refractivity contribution < 1.29 is 0 Å². The van der Waals surface area contributed by atoms with Crippen LogP contribution in [0.2, 0.25) is 0 Å². The van der Waals surface area contributed by atoms with Crippen molar-refractivity contribution in [1.29, 1.82) is 0 Å². The fourth-order valence-corrected chi connectivity index (χ4v) is 9.54. The predicted octanol–water partition coefficient (Wildman–Crippen LogP) is 14.3. The molecule has 8 nitrogen and oxygen atoms in total. The Morgan fingerprint density at radius 2 is 0.559 bits per heavy atom. The van der Waals surface area contributed by atoms with Gasteiger partial charge in [0.15, 0.2) is 34.9 Å². The molecule has 0 bridgehead atoms. The number of benzene rings is 9. The van der Waals surface area contributed by atoms with Crippen molar-refractivity contribution in [2.24, 2.45) is 0 Å². The SMILES string of the molecule is c1ccc(-c2nc(-c3ccccc3)nc(-c3cccc(-c4nc(-c5ccccc5)nc(-c5ccccc5)n4)c3-n3c4ccccc4c4cc(-n5c6ccccc6c6ccccc65)ccc43)n2)cc1. The molecule has 68 heavy (non-hydrogen) atoms. The third-order valence-corrected chi connectivity index (χ3v) is 12.6. The molecule has 9 aromatic carbocycles. The fraction of sp³-hybridized carbons (Fsp3) is 0. The molecule has 0 saturated carbocycles. The average molecular weight is 871 g/mol. The number of fused-ring (bicyclic) bond motifs is 6. The molecular weight excluding hydrogens is 833 g/mol. The summed E-state index contributed by atoms with van der Waals surface area (Å²) >= 11 is 0. The molecule has 8 heteroatoms. The molecular formula is C60H38N8. The predicted molar refractivity (Wildman–Crippen MR) is 275 cm³/mol. The van der Waals surface area contributed by atoms with Gasteiger partial charge in [-0.3, -0.25) is 0 Å². The van der Waals surface area contributed by atoms with Crippen LogP contribution in [-0.4, -0.2) is 39.0 Å². The molecule has 4 aromatic heterocycles. The van der Waals surface area contributed by atoms with E-state index in [9.17, 15) is 0 Å². The molecule has 0 N–H and O–H groups in total. The van der Waals surface area contributed by atoms with Gasteiger partial charge < -0.3 is 9.13 Å². The lowest BCUT2D eigenvalue weighted by molar-refractivity contribution is 1.05. The zero-order valence-electron chi connectivity index (χ0n) is 36.5.